The molecule has 0 radical (unpaired) electrons. The molecule has 2 aromatic carbocycles. The van der Waals surface area contributed by atoms with Crippen molar-refractivity contribution in [3.8, 4) is 0 Å². The zero-order valence-electron chi connectivity index (χ0n) is 15.0. The Bertz CT molecular complexity index is 1160. The first kappa shape index (κ1) is 16.6. The van der Waals surface area contributed by atoms with Crippen LogP contribution in [-0.2, 0) is 12.8 Å². The number of fused-ring (bicyclic) bond motifs is 4. The summed E-state index contributed by atoms with van der Waals surface area (Å²) >= 11 is 1.58. The van der Waals surface area contributed by atoms with E-state index in [9.17, 15) is 4.79 Å². The van der Waals surface area contributed by atoms with Crippen LogP contribution in [0, 0.1) is 0 Å². The highest BCUT2D eigenvalue weighted by molar-refractivity contribution is 8.00. The van der Waals surface area contributed by atoms with Crippen molar-refractivity contribution in [3.63, 3.8) is 0 Å². The van der Waals surface area contributed by atoms with E-state index in [0.717, 1.165) is 40.6 Å². The molecule has 1 aliphatic carbocycles. The van der Waals surface area contributed by atoms with E-state index in [0.29, 0.717) is 5.75 Å². The van der Waals surface area contributed by atoms with Crippen molar-refractivity contribution in [3.05, 3.63) is 72.1 Å². The van der Waals surface area contributed by atoms with E-state index in [1.807, 2.05) is 29.0 Å². The third kappa shape index (κ3) is 2.85. The van der Waals surface area contributed by atoms with E-state index in [-0.39, 0.29) is 5.91 Å². The van der Waals surface area contributed by atoms with Gasteiger partial charge < -0.3 is 0 Å². The van der Waals surface area contributed by atoms with Crippen molar-refractivity contribution in [1.29, 1.82) is 0 Å². The van der Waals surface area contributed by atoms with Crippen molar-refractivity contribution in [2.24, 2.45) is 0 Å². The molecule has 0 spiro atoms. The zero-order valence-corrected chi connectivity index (χ0v) is 15.8. The summed E-state index contributed by atoms with van der Waals surface area (Å²) in [5, 5.41) is 2.36. The van der Waals surface area contributed by atoms with Crippen LogP contribution in [-0.4, -0.2) is 21.2 Å². The van der Waals surface area contributed by atoms with E-state index in [1.165, 1.54) is 23.1 Å². The quantitative estimate of drug-likeness (QED) is 0.445. The minimum absolute atomic E-state index is 0.160. The molecule has 0 N–H and O–H groups in total. The van der Waals surface area contributed by atoms with E-state index in [1.54, 1.807) is 11.8 Å². The average molecular weight is 372 g/mol. The number of para-hydroxylation sites is 2. The fourth-order valence-electron chi connectivity index (χ4n) is 4.18. The second-order valence-corrected chi connectivity index (χ2v) is 8.02. The van der Waals surface area contributed by atoms with Crippen LogP contribution in [0.1, 0.15) is 28.9 Å². The normalized spacial score (nSPS) is 13.8. The molecule has 2 aromatic heterocycles. The van der Waals surface area contributed by atoms with Crippen molar-refractivity contribution >= 4 is 39.5 Å². The maximum Gasteiger partial charge on any atom is 0.241 e. The van der Waals surface area contributed by atoms with Gasteiger partial charge in [-0.3, -0.25) is 14.3 Å². The maximum atomic E-state index is 13.2. The molecule has 0 atom stereocenters. The topological polar surface area (TPSA) is 34.9 Å². The summed E-state index contributed by atoms with van der Waals surface area (Å²) in [5.41, 5.74) is 4.63. The first-order valence-electron chi connectivity index (χ1n) is 9.44. The fourth-order valence-corrected chi connectivity index (χ4v) is 5.07. The van der Waals surface area contributed by atoms with Crippen LogP contribution in [0.15, 0.2) is 65.7 Å². The largest absolute Gasteiger partial charge is 0.283 e. The number of hydrogen-bond donors (Lipinski definition) is 0. The minimum atomic E-state index is 0.160. The van der Waals surface area contributed by atoms with Crippen molar-refractivity contribution in [1.82, 2.24) is 9.55 Å². The Morgan fingerprint density at radius 3 is 2.81 bits per heavy atom. The lowest BCUT2D eigenvalue weighted by molar-refractivity contribution is 0.0943. The van der Waals surface area contributed by atoms with Gasteiger partial charge in [-0.05, 0) is 49.4 Å². The molecule has 3 nitrogen and oxygen atoms in total. The first-order valence-corrected chi connectivity index (χ1v) is 10.4. The number of hydrogen-bond acceptors (Lipinski definition) is 3. The molecule has 0 saturated heterocycles. The SMILES string of the molecule is O=C(CSc1cccc2cccnc12)n1c2c(c3ccccc31)CCCC2. The van der Waals surface area contributed by atoms with Gasteiger partial charge in [0.1, 0.15) is 0 Å². The zero-order chi connectivity index (χ0) is 18.2. The van der Waals surface area contributed by atoms with Gasteiger partial charge in [-0.1, -0.05) is 36.4 Å². The number of carbonyl (C=O) groups is 1. The number of rotatable bonds is 3. The lowest BCUT2D eigenvalue weighted by Gasteiger charge is -2.15. The van der Waals surface area contributed by atoms with Crippen LogP contribution in [0.25, 0.3) is 21.8 Å². The smallest absolute Gasteiger partial charge is 0.241 e. The number of benzene rings is 2. The average Bonchev–Trinajstić information content (AvgIpc) is 3.06. The number of carbonyl (C=O) groups excluding carboxylic acids is 1. The van der Waals surface area contributed by atoms with E-state index >= 15 is 0 Å². The van der Waals surface area contributed by atoms with Gasteiger partial charge in [0.05, 0.1) is 16.8 Å². The number of aryl methyl sites for hydroxylation is 1. The van der Waals surface area contributed by atoms with Gasteiger partial charge in [0.2, 0.25) is 5.91 Å². The number of nitrogens with zero attached hydrogens (tertiary/aromatic N) is 2. The Morgan fingerprint density at radius 1 is 1.00 bits per heavy atom. The Labute approximate surface area is 162 Å². The molecule has 5 rings (SSSR count). The Balaban J connectivity index is 1.50. The van der Waals surface area contributed by atoms with Gasteiger partial charge in [0.25, 0.3) is 0 Å². The lowest BCUT2D eigenvalue weighted by Crippen LogP contribution is -2.18. The van der Waals surface area contributed by atoms with Gasteiger partial charge in [0.15, 0.2) is 0 Å². The summed E-state index contributed by atoms with van der Waals surface area (Å²) in [5.74, 6) is 0.577. The second kappa shape index (κ2) is 6.86. The lowest BCUT2D eigenvalue weighted by atomic mass is 9.96. The molecule has 27 heavy (non-hydrogen) atoms. The number of aromatic nitrogens is 2. The van der Waals surface area contributed by atoms with Crippen molar-refractivity contribution in [2.45, 2.75) is 30.6 Å². The number of pyridine rings is 1. The van der Waals surface area contributed by atoms with Gasteiger partial charge in [-0.15, -0.1) is 11.8 Å². The summed E-state index contributed by atoms with van der Waals surface area (Å²) < 4.78 is 1.98. The summed E-state index contributed by atoms with van der Waals surface area (Å²) in [6.07, 6.45) is 6.26. The van der Waals surface area contributed by atoms with Crippen LogP contribution in [0.3, 0.4) is 0 Å². The monoisotopic (exact) mass is 372 g/mol. The first-order chi connectivity index (χ1) is 13.3. The Hall–Kier alpha value is -2.59. The van der Waals surface area contributed by atoms with Gasteiger partial charge in [-0.2, -0.15) is 0 Å². The highest BCUT2D eigenvalue weighted by atomic mass is 32.2. The van der Waals surface area contributed by atoms with E-state index in [2.05, 4.69) is 41.4 Å². The van der Waals surface area contributed by atoms with Crippen LogP contribution in [0.4, 0.5) is 0 Å². The Morgan fingerprint density at radius 2 is 1.85 bits per heavy atom. The number of thioether (sulfide) groups is 1. The van der Waals surface area contributed by atoms with Crippen molar-refractivity contribution < 1.29 is 4.79 Å². The minimum Gasteiger partial charge on any atom is -0.283 e. The summed E-state index contributed by atoms with van der Waals surface area (Å²) in [7, 11) is 0. The van der Waals surface area contributed by atoms with Crippen LogP contribution in [0.2, 0.25) is 0 Å². The Kier molecular flexibility index (Phi) is 4.21. The predicted octanol–water partition coefficient (Wildman–Crippen LogP) is 5.50. The molecule has 0 aliphatic heterocycles. The van der Waals surface area contributed by atoms with Gasteiger partial charge in [-0.25, -0.2) is 0 Å². The molecule has 0 amide bonds. The highest BCUT2D eigenvalue weighted by Gasteiger charge is 2.23. The van der Waals surface area contributed by atoms with Crippen molar-refractivity contribution in [2.75, 3.05) is 5.75 Å². The molecule has 0 bridgehead atoms. The third-order valence-electron chi connectivity index (χ3n) is 5.37. The van der Waals surface area contributed by atoms with Gasteiger partial charge in [0, 0.05) is 27.6 Å². The fraction of sp³-hybridized carbons (Fsp3) is 0.217. The summed E-state index contributed by atoms with van der Waals surface area (Å²) in [4.78, 5) is 18.8. The van der Waals surface area contributed by atoms with Crippen LogP contribution < -0.4 is 0 Å². The van der Waals surface area contributed by atoms with Crippen LogP contribution in [0.5, 0.6) is 0 Å². The molecule has 0 unspecified atom stereocenters. The molecule has 1 aliphatic rings. The standard InChI is InChI=1S/C23H20N2OS/c26-22(15-27-21-13-5-7-16-8-6-14-24-23(16)21)25-19-11-3-1-9-17(19)18-10-2-4-12-20(18)25/h1,3,5-9,11,13-14H,2,4,10,12,15H2. The van der Waals surface area contributed by atoms with E-state index in [4.69, 9.17) is 0 Å². The summed E-state index contributed by atoms with van der Waals surface area (Å²) in [6.45, 7) is 0. The van der Waals surface area contributed by atoms with E-state index < -0.39 is 0 Å². The molecule has 2 heterocycles. The predicted molar refractivity (Wildman–Crippen MR) is 112 cm³/mol. The van der Waals surface area contributed by atoms with Crippen LogP contribution >= 0.6 is 11.8 Å². The third-order valence-corrected chi connectivity index (χ3v) is 6.41. The molecule has 4 aromatic rings. The maximum absolute atomic E-state index is 13.2. The summed E-state index contributed by atoms with van der Waals surface area (Å²) in [6, 6.07) is 18.5. The molecular weight excluding hydrogens is 352 g/mol. The molecule has 0 saturated carbocycles. The molecular formula is C23H20N2OS. The van der Waals surface area contributed by atoms with Gasteiger partial charge >= 0.3 is 0 Å². The molecule has 4 heteroatoms. The molecule has 134 valence electrons. The molecule has 0 fully saturated rings. The second-order valence-electron chi connectivity index (χ2n) is 7.00. The highest BCUT2D eigenvalue weighted by Crippen LogP contribution is 2.33.